The summed E-state index contributed by atoms with van der Waals surface area (Å²) in [6.07, 6.45) is 1.81. The van der Waals surface area contributed by atoms with E-state index in [1.807, 2.05) is 0 Å². The summed E-state index contributed by atoms with van der Waals surface area (Å²) in [5.74, 6) is 0. The van der Waals surface area contributed by atoms with E-state index in [2.05, 4.69) is 57.0 Å². The molecule has 1 aliphatic rings. The number of hydrogen-bond acceptors (Lipinski definition) is 2. The molecule has 2 rings (SSSR count). The molecule has 2 nitrogen and oxygen atoms in total. The standard InChI is InChI=1S/C18H30ClNOSi/c1-6-9-22(4,5)13-16-7-8-17(19)18(10-16)20-11-14(2)21-15(3)12-20/h7-8,10,14-15H,6,9,11-13H2,1-5H3. The van der Waals surface area contributed by atoms with Crippen LogP contribution in [0.1, 0.15) is 32.8 Å². The lowest BCUT2D eigenvalue weighted by atomic mass is 10.1. The lowest BCUT2D eigenvalue weighted by molar-refractivity contribution is -0.00521. The Balaban J connectivity index is 2.19. The Morgan fingerprint density at radius 3 is 2.45 bits per heavy atom. The molecule has 124 valence electrons. The Morgan fingerprint density at radius 2 is 1.86 bits per heavy atom. The Bertz CT molecular complexity index is 496. The van der Waals surface area contributed by atoms with Gasteiger partial charge in [-0.1, -0.05) is 50.1 Å². The predicted octanol–water partition coefficient (Wildman–Crippen LogP) is 5.15. The van der Waals surface area contributed by atoms with Gasteiger partial charge in [-0.15, -0.1) is 0 Å². The smallest absolute Gasteiger partial charge is 0.0726 e. The van der Waals surface area contributed by atoms with E-state index in [1.165, 1.54) is 29.8 Å². The molecule has 0 amide bonds. The fourth-order valence-electron chi connectivity index (χ4n) is 3.60. The van der Waals surface area contributed by atoms with Crippen LogP contribution in [-0.2, 0) is 10.8 Å². The summed E-state index contributed by atoms with van der Waals surface area (Å²) in [6.45, 7) is 13.4. The van der Waals surface area contributed by atoms with Crippen LogP contribution in [0, 0.1) is 0 Å². The van der Waals surface area contributed by atoms with Crippen LogP contribution in [0.3, 0.4) is 0 Å². The second-order valence-corrected chi connectivity index (χ2v) is 13.1. The van der Waals surface area contributed by atoms with Crippen LogP contribution in [0.2, 0.25) is 24.2 Å². The van der Waals surface area contributed by atoms with E-state index in [0.29, 0.717) is 0 Å². The maximum Gasteiger partial charge on any atom is 0.0726 e. The fraction of sp³-hybridized carbons (Fsp3) is 0.667. The van der Waals surface area contributed by atoms with Crippen molar-refractivity contribution in [2.45, 2.75) is 64.6 Å². The van der Waals surface area contributed by atoms with Gasteiger partial charge in [0, 0.05) is 13.1 Å². The van der Waals surface area contributed by atoms with Crippen LogP contribution in [0.5, 0.6) is 0 Å². The van der Waals surface area contributed by atoms with Crippen molar-refractivity contribution in [2.75, 3.05) is 18.0 Å². The molecular formula is C18H30ClNOSi. The second-order valence-electron chi connectivity index (χ2n) is 7.54. The van der Waals surface area contributed by atoms with Crippen molar-refractivity contribution in [1.82, 2.24) is 0 Å². The van der Waals surface area contributed by atoms with Crippen LogP contribution in [-0.4, -0.2) is 33.4 Å². The van der Waals surface area contributed by atoms with Crippen LogP contribution < -0.4 is 4.90 Å². The minimum Gasteiger partial charge on any atom is -0.372 e. The number of anilines is 1. The Morgan fingerprint density at radius 1 is 1.23 bits per heavy atom. The highest BCUT2D eigenvalue weighted by molar-refractivity contribution is 6.76. The highest BCUT2D eigenvalue weighted by Gasteiger charge is 2.25. The first-order valence-corrected chi connectivity index (χ1v) is 12.3. The molecule has 0 aromatic heterocycles. The van der Waals surface area contributed by atoms with Gasteiger partial charge in [-0.25, -0.2) is 0 Å². The average Bonchev–Trinajstić information content (AvgIpc) is 2.39. The van der Waals surface area contributed by atoms with Crippen LogP contribution in [0.4, 0.5) is 5.69 Å². The van der Waals surface area contributed by atoms with Gasteiger partial charge in [0.15, 0.2) is 0 Å². The molecule has 4 heteroatoms. The minimum absolute atomic E-state index is 0.259. The molecule has 0 spiro atoms. The molecule has 1 aliphatic heterocycles. The van der Waals surface area contributed by atoms with Gasteiger partial charge >= 0.3 is 0 Å². The van der Waals surface area contributed by atoms with Gasteiger partial charge in [-0.2, -0.15) is 0 Å². The molecule has 1 aromatic rings. The van der Waals surface area contributed by atoms with Crippen LogP contribution in [0.15, 0.2) is 18.2 Å². The Labute approximate surface area is 141 Å². The highest BCUT2D eigenvalue weighted by atomic mass is 35.5. The number of hydrogen-bond donors (Lipinski definition) is 0. The summed E-state index contributed by atoms with van der Waals surface area (Å²) in [6, 6.07) is 9.23. The van der Waals surface area contributed by atoms with E-state index in [1.54, 1.807) is 0 Å². The molecule has 1 saturated heterocycles. The van der Waals surface area contributed by atoms with Crippen molar-refractivity contribution in [2.24, 2.45) is 0 Å². The van der Waals surface area contributed by atoms with Crippen molar-refractivity contribution in [3.8, 4) is 0 Å². The maximum atomic E-state index is 6.49. The number of nitrogens with zero attached hydrogens (tertiary/aromatic N) is 1. The molecule has 0 radical (unpaired) electrons. The lowest BCUT2D eigenvalue weighted by Crippen LogP contribution is -2.45. The van der Waals surface area contributed by atoms with E-state index in [4.69, 9.17) is 16.3 Å². The second kappa shape index (κ2) is 7.37. The van der Waals surface area contributed by atoms with Crippen molar-refractivity contribution in [3.05, 3.63) is 28.8 Å². The van der Waals surface area contributed by atoms with E-state index in [0.717, 1.165) is 18.1 Å². The van der Waals surface area contributed by atoms with Crippen molar-refractivity contribution in [3.63, 3.8) is 0 Å². The van der Waals surface area contributed by atoms with Gasteiger partial charge < -0.3 is 9.64 Å². The first-order chi connectivity index (χ1) is 10.3. The molecule has 2 unspecified atom stereocenters. The zero-order valence-electron chi connectivity index (χ0n) is 14.7. The quantitative estimate of drug-likeness (QED) is 0.687. The minimum atomic E-state index is -1.15. The first kappa shape index (κ1) is 17.8. The van der Waals surface area contributed by atoms with Gasteiger partial charge in [-0.3, -0.25) is 0 Å². The highest BCUT2D eigenvalue weighted by Crippen LogP contribution is 2.31. The summed E-state index contributed by atoms with van der Waals surface area (Å²) in [5.41, 5.74) is 2.62. The SMILES string of the molecule is CCC[Si](C)(C)Cc1ccc(Cl)c(N2CC(C)OC(C)C2)c1. The molecule has 0 aliphatic carbocycles. The van der Waals surface area contributed by atoms with Crippen molar-refractivity contribution in [1.29, 1.82) is 0 Å². The van der Waals surface area contributed by atoms with Gasteiger partial charge in [-0.05, 0) is 37.6 Å². The number of morpholine rings is 1. The molecule has 1 aromatic carbocycles. The molecule has 2 atom stereocenters. The number of rotatable bonds is 5. The number of ether oxygens (including phenoxy) is 1. The summed E-state index contributed by atoms with van der Waals surface area (Å²) < 4.78 is 5.84. The lowest BCUT2D eigenvalue weighted by Gasteiger charge is -2.37. The largest absolute Gasteiger partial charge is 0.372 e. The zero-order chi connectivity index (χ0) is 16.3. The predicted molar refractivity (Wildman–Crippen MR) is 100.0 cm³/mol. The Hall–Kier alpha value is -0.513. The van der Waals surface area contributed by atoms with Gasteiger partial charge in [0.25, 0.3) is 0 Å². The maximum absolute atomic E-state index is 6.49. The summed E-state index contributed by atoms with van der Waals surface area (Å²) >= 11 is 6.49. The number of benzene rings is 1. The molecule has 1 heterocycles. The summed E-state index contributed by atoms with van der Waals surface area (Å²) in [5, 5.41) is 0.861. The van der Waals surface area contributed by atoms with E-state index < -0.39 is 8.07 Å². The van der Waals surface area contributed by atoms with Gasteiger partial charge in [0.1, 0.15) is 0 Å². The molecular weight excluding hydrogens is 310 g/mol. The fourth-order valence-corrected chi connectivity index (χ4v) is 6.70. The normalized spacial score (nSPS) is 22.9. The van der Waals surface area contributed by atoms with Crippen LogP contribution >= 0.6 is 11.6 Å². The van der Waals surface area contributed by atoms with Crippen LogP contribution in [0.25, 0.3) is 0 Å². The zero-order valence-corrected chi connectivity index (χ0v) is 16.4. The average molecular weight is 340 g/mol. The first-order valence-electron chi connectivity index (χ1n) is 8.49. The molecule has 0 N–H and O–H groups in total. The van der Waals surface area contributed by atoms with E-state index in [9.17, 15) is 0 Å². The molecule has 0 saturated carbocycles. The monoisotopic (exact) mass is 339 g/mol. The third-order valence-electron chi connectivity index (χ3n) is 4.38. The molecule has 1 fully saturated rings. The number of halogens is 1. The summed E-state index contributed by atoms with van der Waals surface area (Å²) in [7, 11) is -1.15. The topological polar surface area (TPSA) is 12.5 Å². The third-order valence-corrected chi connectivity index (χ3v) is 7.92. The van der Waals surface area contributed by atoms with E-state index >= 15 is 0 Å². The Kier molecular flexibility index (Phi) is 5.98. The summed E-state index contributed by atoms with van der Waals surface area (Å²) in [4.78, 5) is 2.39. The van der Waals surface area contributed by atoms with Gasteiger partial charge in [0.05, 0.1) is 31.0 Å². The third kappa shape index (κ3) is 4.74. The van der Waals surface area contributed by atoms with Crippen molar-refractivity contribution >= 4 is 25.4 Å². The molecule has 22 heavy (non-hydrogen) atoms. The molecule has 0 bridgehead atoms. The van der Waals surface area contributed by atoms with Crippen molar-refractivity contribution < 1.29 is 4.74 Å². The van der Waals surface area contributed by atoms with E-state index in [-0.39, 0.29) is 12.2 Å². The van der Waals surface area contributed by atoms with Gasteiger partial charge in [0.2, 0.25) is 0 Å².